The smallest absolute Gasteiger partial charge is 0.308 e. The average molecular weight is 448 g/mol. The number of halogens is 2. The number of hydrogen-bond acceptors (Lipinski definition) is 3. The predicted octanol–water partition coefficient (Wildman–Crippen LogP) is 2.51. The molecule has 4 nitrogen and oxygen atoms in total. The number of carboxylic acid groups (broad SMARTS) is 1. The minimum absolute atomic E-state index is 0.0475. The first kappa shape index (κ1) is 14.0. The van der Waals surface area contributed by atoms with Crippen LogP contribution in [0.4, 0.5) is 0 Å². The highest BCUT2D eigenvalue weighted by atomic mass is 127. The summed E-state index contributed by atoms with van der Waals surface area (Å²) in [5.74, 6) is -0.279. The van der Waals surface area contributed by atoms with Gasteiger partial charge in [-0.1, -0.05) is 0 Å². The van der Waals surface area contributed by atoms with Gasteiger partial charge in [0.25, 0.3) is 0 Å². The number of aliphatic carboxylic acids is 1. The normalized spacial score (nSPS) is 10.2. The molecule has 0 spiro atoms. The van der Waals surface area contributed by atoms with E-state index >= 15 is 0 Å². The molecule has 1 aromatic carbocycles. The van der Waals surface area contributed by atoms with Crippen LogP contribution in [0.3, 0.4) is 0 Å². The molecule has 6 heteroatoms. The lowest BCUT2D eigenvalue weighted by Crippen LogP contribution is -2.08. The van der Waals surface area contributed by atoms with Crippen LogP contribution in [0.2, 0.25) is 0 Å². The quantitative estimate of drug-likeness (QED) is 0.556. The molecule has 1 aromatic rings. The van der Waals surface area contributed by atoms with Crippen molar-refractivity contribution in [2.45, 2.75) is 6.42 Å². The molecule has 16 heavy (non-hydrogen) atoms. The summed E-state index contributed by atoms with van der Waals surface area (Å²) in [6.45, 7) is 0.114. The maximum atomic E-state index is 10.8. The summed E-state index contributed by atoms with van der Waals surface area (Å²) in [4.78, 5) is 10.8. The van der Waals surface area contributed by atoms with Crippen LogP contribution >= 0.6 is 45.2 Å². The van der Waals surface area contributed by atoms with Crippen molar-refractivity contribution in [2.75, 3.05) is 13.9 Å². The number of rotatable bonds is 5. The topological polar surface area (TPSA) is 55.8 Å². The van der Waals surface area contributed by atoms with E-state index in [1.54, 1.807) is 0 Å². The van der Waals surface area contributed by atoms with Gasteiger partial charge >= 0.3 is 5.97 Å². The van der Waals surface area contributed by atoms with Gasteiger partial charge in [0, 0.05) is 16.2 Å². The van der Waals surface area contributed by atoms with Crippen molar-refractivity contribution in [1.29, 1.82) is 0 Å². The average Bonchev–Trinajstić information content (AvgIpc) is 2.22. The number of methoxy groups -OCH3 is 1. The van der Waals surface area contributed by atoms with Crippen molar-refractivity contribution in [3.8, 4) is 5.75 Å². The summed E-state index contributed by atoms with van der Waals surface area (Å²) >= 11 is 4.21. The Labute approximate surface area is 121 Å². The van der Waals surface area contributed by atoms with E-state index in [-0.39, 0.29) is 13.2 Å². The second-order valence-electron chi connectivity index (χ2n) is 2.96. The van der Waals surface area contributed by atoms with Crippen LogP contribution in [0.1, 0.15) is 5.56 Å². The van der Waals surface area contributed by atoms with Crippen LogP contribution in [-0.4, -0.2) is 25.0 Å². The molecular formula is C10H10I2O4. The molecule has 0 saturated heterocycles. The highest BCUT2D eigenvalue weighted by Crippen LogP contribution is 2.30. The van der Waals surface area contributed by atoms with E-state index in [1.165, 1.54) is 7.11 Å². The summed E-state index contributed by atoms with van der Waals surface area (Å²) < 4.78 is 12.0. The lowest BCUT2D eigenvalue weighted by atomic mass is 10.1. The van der Waals surface area contributed by atoms with Gasteiger partial charge in [-0.25, -0.2) is 0 Å². The van der Waals surface area contributed by atoms with Crippen molar-refractivity contribution in [1.82, 2.24) is 0 Å². The van der Waals surface area contributed by atoms with Crippen molar-refractivity contribution >= 4 is 51.2 Å². The fourth-order valence-electron chi connectivity index (χ4n) is 1.17. The molecule has 0 aliphatic rings. The van der Waals surface area contributed by atoms with E-state index in [1.807, 2.05) is 12.1 Å². The first-order chi connectivity index (χ1) is 7.56. The molecule has 0 heterocycles. The molecule has 0 aliphatic carbocycles. The third-order valence-corrected chi connectivity index (χ3v) is 3.66. The second kappa shape index (κ2) is 6.60. The lowest BCUT2D eigenvalue weighted by Gasteiger charge is -2.13. The highest BCUT2D eigenvalue weighted by molar-refractivity contribution is 14.1. The fraction of sp³-hybridized carbons (Fsp3) is 0.300. The maximum absolute atomic E-state index is 10.8. The molecular weight excluding hydrogens is 438 g/mol. The first-order valence-electron chi connectivity index (χ1n) is 4.36. The maximum Gasteiger partial charge on any atom is 0.308 e. The molecule has 0 bridgehead atoms. The van der Waals surface area contributed by atoms with Crippen LogP contribution in [0, 0.1) is 7.14 Å². The molecule has 0 aliphatic heterocycles. The molecule has 0 amide bonds. The van der Waals surface area contributed by atoms with Gasteiger partial charge in [0.15, 0.2) is 6.79 Å². The largest absolute Gasteiger partial charge is 0.481 e. The Balaban J connectivity index is 3.09. The molecule has 0 atom stereocenters. The van der Waals surface area contributed by atoms with Crippen molar-refractivity contribution < 1.29 is 19.4 Å². The molecule has 0 unspecified atom stereocenters. The van der Waals surface area contributed by atoms with Crippen LogP contribution in [0.15, 0.2) is 12.1 Å². The van der Waals surface area contributed by atoms with Gasteiger partial charge in [-0.05, 0) is 57.3 Å². The van der Waals surface area contributed by atoms with Gasteiger partial charge in [0.05, 0.1) is 9.99 Å². The first-order valence-corrected chi connectivity index (χ1v) is 6.52. The Kier molecular flexibility index (Phi) is 5.76. The summed E-state index contributed by atoms with van der Waals surface area (Å²) in [5.41, 5.74) is 0.692. The summed E-state index contributed by atoms with van der Waals surface area (Å²) in [6.07, 6.45) is -0.0475. The monoisotopic (exact) mass is 448 g/mol. The minimum atomic E-state index is -0.873. The van der Waals surface area contributed by atoms with Crippen molar-refractivity contribution in [3.05, 3.63) is 24.8 Å². The molecule has 0 saturated carbocycles. The van der Waals surface area contributed by atoms with E-state index in [4.69, 9.17) is 14.6 Å². The van der Waals surface area contributed by atoms with Gasteiger partial charge < -0.3 is 14.6 Å². The number of carbonyl (C=O) groups is 1. The summed E-state index contributed by atoms with van der Waals surface area (Å²) in [5, 5.41) is 8.84. The Morgan fingerprint density at radius 3 is 2.56 bits per heavy atom. The molecule has 1 N–H and O–H groups in total. The lowest BCUT2D eigenvalue weighted by molar-refractivity contribution is -0.136. The van der Waals surface area contributed by atoms with E-state index in [2.05, 4.69) is 45.2 Å². The Morgan fingerprint density at radius 1 is 1.38 bits per heavy atom. The molecule has 0 radical (unpaired) electrons. The Hall–Kier alpha value is -0.0900. The third-order valence-electron chi connectivity index (χ3n) is 1.80. The van der Waals surface area contributed by atoms with Gasteiger partial charge in [-0.3, -0.25) is 4.79 Å². The van der Waals surface area contributed by atoms with Crippen LogP contribution in [0.5, 0.6) is 5.75 Å². The van der Waals surface area contributed by atoms with Gasteiger partial charge in [0.2, 0.25) is 0 Å². The van der Waals surface area contributed by atoms with Crippen molar-refractivity contribution in [3.63, 3.8) is 0 Å². The third kappa shape index (κ3) is 3.74. The second-order valence-corrected chi connectivity index (χ2v) is 5.28. The number of hydrogen-bond donors (Lipinski definition) is 1. The minimum Gasteiger partial charge on any atom is -0.481 e. The number of ether oxygens (including phenoxy) is 2. The van der Waals surface area contributed by atoms with Gasteiger partial charge in [-0.15, -0.1) is 0 Å². The molecule has 1 rings (SSSR count). The number of carboxylic acids is 1. The zero-order valence-corrected chi connectivity index (χ0v) is 12.8. The van der Waals surface area contributed by atoms with Crippen molar-refractivity contribution in [2.24, 2.45) is 0 Å². The summed E-state index contributed by atoms with van der Waals surface area (Å²) in [6, 6.07) is 3.76. The predicted molar refractivity (Wildman–Crippen MR) is 75.7 cm³/mol. The molecule has 0 fully saturated rings. The van der Waals surface area contributed by atoms with Crippen LogP contribution in [-0.2, 0) is 16.0 Å². The SMILES string of the molecule is COCOc1c(I)ccc(I)c1CC(=O)O. The fourth-order valence-corrected chi connectivity index (χ4v) is 2.44. The summed E-state index contributed by atoms with van der Waals surface area (Å²) in [7, 11) is 1.53. The van der Waals surface area contributed by atoms with E-state index in [0.29, 0.717) is 11.3 Å². The van der Waals surface area contributed by atoms with Gasteiger partial charge in [0.1, 0.15) is 5.75 Å². The van der Waals surface area contributed by atoms with E-state index in [0.717, 1.165) is 7.14 Å². The van der Waals surface area contributed by atoms with Crippen LogP contribution < -0.4 is 4.74 Å². The number of benzene rings is 1. The Bertz CT molecular complexity index is 393. The Morgan fingerprint density at radius 2 is 2.00 bits per heavy atom. The zero-order chi connectivity index (χ0) is 12.1. The van der Waals surface area contributed by atoms with E-state index < -0.39 is 5.97 Å². The van der Waals surface area contributed by atoms with Gasteiger partial charge in [-0.2, -0.15) is 0 Å². The molecule has 88 valence electrons. The van der Waals surface area contributed by atoms with Crippen LogP contribution in [0.25, 0.3) is 0 Å². The molecule has 0 aromatic heterocycles. The highest BCUT2D eigenvalue weighted by Gasteiger charge is 2.15. The standard InChI is InChI=1S/C10H10I2O4/c1-15-5-16-10-6(4-9(13)14)7(11)2-3-8(10)12/h2-3H,4-5H2,1H3,(H,13,14). The van der Waals surface area contributed by atoms with E-state index in [9.17, 15) is 4.79 Å². The zero-order valence-electron chi connectivity index (χ0n) is 8.50.